The first-order valence-electron chi connectivity index (χ1n) is 11.4. The molecule has 0 spiro atoms. The van der Waals surface area contributed by atoms with E-state index in [-0.39, 0.29) is 24.5 Å². The van der Waals surface area contributed by atoms with Crippen LogP contribution in [-0.2, 0) is 20.9 Å². The Labute approximate surface area is 185 Å². The molecule has 1 atom stereocenters. The lowest BCUT2D eigenvalue weighted by atomic mass is 9.94. The van der Waals surface area contributed by atoms with E-state index in [9.17, 15) is 9.59 Å². The zero-order chi connectivity index (χ0) is 22.1. The van der Waals surface area contributed by atoms with Crippen LogP contribution < -0.4 is 5.32 Å². The van der Waals surface area contributed by atoms with Crippen molar-refractivity contribution in [1.82, 2.24) is 10.2 Å². The second-order valence-electron chi connectivity index (χ2n) is 8.35. The van der Waals surface area contributed by atoms with Gasteiger partial charge in [0.05, 0.1) is 13.2 Å². The first-order valence-corrected chi connectivity index (χ1v) is 11.4. The molecule has 1 N–H and O–H groups in total. The van der Waals surface area contributed by atoms with E-state index in [1.807, 2.05) is 66.4 Å². The van der Waals surface area contributed by atoms with Crippen molar-refractivity contribution in [2.75, 3.05) is 13.2 Å². The maximum absolute atomic E-state index is 13.6. The molecule has 3 rings (SSSR count). The van der Waals surface area contributed by atoms with Crippen LogP contribution in [-0.4, -0.2) is 36.0 Å². The fourth-order valence-electron chi connectivity index (χ4n) is 4.23. The number of hydrogen-bond acceptors (Lipinski definition) is 4. The summed E-state index contributed by atoms with van der Waals surface area (Å²) in [6.45, 7) is 4.69. The summed E-state index contributed by atoms with van der Waals surface area (Å²) in [6.07, 6.45) is 5.57. The van der Waals surface area contributed by atoms with E-state index in [0.717, 1.165) is 42.4 Å². The number of carbonyl (C=O) groups excluding carboxylic acids is 2. The predicted molar refractivity (Wildman–Crippen MR) is 122 cm³/mol. The lowest BCUT2D eigenvalue weighted by Crippen LogP contribution is -2.46. The van der Waals surface area contributed by atoms with Crippen molar-refractivity contribution in [2.24, 2.45) is 0 Å². The summed E-state index contributed by atoms with van der Waals surface area (Å²) in [4.78, 5) is 27.9. The Morgan fingerprint density at radius 1 is 1.03 bits per heavy atom. The quantitative estimate of drug-likeness (QED) is 0.602. The zero-order valence-electron chi connectivity index (χ0n) is 18.7. The van der Waals surface area contributed by atoms with Crippen molar-refractivity contribution in [3.8, 4) is 0 Å². The van der Waals surface area contributed by atoms with Gasteiger partial charge in [-0.2, -0.15) is 0 Å². The normalized spacial score (nSPS) is 15.5. The molecule has 1 saturated carbocycles. The lowest BCUT2D eigenvalue weighted by molar-refractivity contribution is -0.146. The van der Waals surface area contributed by atoms with Crippen LogP contribution >= 0.6 is 0 Å². The van der Waals surface area contributed by atoms with Crippen LogP contribution in [0.3, 0.4) is 0 Å². The largest absolute Gasteiger partial charge is 0.465 e. The Hall–Kier alpha value is -2.66. The number of hydrogen-bond donors (Lipinski definition) is 1. The van der Waals surface area contributed by atoms with Gasteiger partial charge in [-0.3, -0.25) is 14.5 Å². The number of amides is 1. The molecular weight excluding hydrogens is 388 g/mol. The molecule has 0 aromatic heterocycles. The SMILES string of the molecule is CCOC(=O)CN(Cc1ccccc1)[C@H](C(=O)NC1CCCCC1)c1ccc(C)cc1. The molecule has 0 aliphatic heterocycles. The predicted octanol–water partition coefficient (Wildman–Crippen LogP) is 4.55. The summed E-state index contributed by atoms with van der Waals surface area (Å²) in [5.41, 5.74) is 3.07. The molecule has 5 nitrogen and oxygen atoms in total. The van der Waals surface area contributed by atoms with Gasteiger partial charge in [0.2, 0.25) is 5.91 Å². The molecule has 0 saturated heterocycles. The maximum Gasteiger partial charge on any atom is 0.320 e. The van der Waals surface area contributed by atoms with Crippen LogP contribution in [0.15, 0.2) is 54.6 Å². The Kier molecular flexibility index (Phi) is 8.65. The van der Waals surface area contributed by atoms with Crippen molar-refractivity contribution < 1.29 is 14.3 Å². The number of rotatable bonds is 9. The smallest absolute Gasteiger partial charge is 0.320 e. The molecule has 1 amide bonds. The van der Waals surface area contributed by atoms with Crippen molar-refractivity contribution in [3.05, 3.63) is 71.3 Å². The van der Waals surface area contributed by atoms with E-state index in [0.29, 0.717) is 13.2 Å². The van der Waals surface area contributed by atoms with Gasteiger partial charge in [-0.05, 0) is 37.8 Å². The lowest BCUT2D eigenvalue weighted by Gasteiger charge is -2.33. The van der Waals surface area contributed by atoms with Gasteiger partial charge in [-0.1, -0.05) is 79.4 Å². The van der Waals surface area contributed by atoms with Gasteiger partial charge in [-0.15, -0.1) is 0 Å². The van der Waals surface area contributed by atoms with Crippen molar-refractivity contribution in [1.29, 1.82) is 0 Å². The molecule has 2 aromatic rings. The molecule has 166 valence electrons. The molecule has 0 heterocycles. The van der Waals surface area contributed by atoms with E-state index >= 15 is 0 Å². The molecule has 1 aliphatic rings. The van der Waals surface area contributed by atoms with Crippen LogP contribution in [0, 0.1) is 6.92 Å². The first-order chi connectivity index (χ1) is 15.1. The van der Waals surface area contributed by atoms with Crippen molar-refractivity contribution in [3.63, 3.8) is 0 Å². The molecule has 1 aliphatic carbocycles. The topological polar surface area (TPSA) is 58.6 Å². The highest BCUT2D eigenvalue weighted by Crippen LogP contribution is 2.26. The summed E-state index contributed by atoms with van der Waals surface area (Å²) >= 11 is 0. The Morgan fingerprint density at radius 3 is 2.35 bits per heavy atom. The molecular formula is C26H34N2O3. The third-order valence-electron chi connectivity index (χ3n) is 5.82. The van der Waals surface area contributed by atoms with E-state index in [1.54, 1.807) is 6.92 Å². The Morgan fingerprint density at radius 2 is 1.71 bits per heavy atom. The number of ether oxygens (including phenoxy) is 1. The summed E-state index contributed by atoms with van der Waals surface area (Å²) < 4.78 is 5.23. The van der Waals surface area contributed by atoms with Gasteiger partial charge in [0.25, 0.3) is 0 Å². The summed E-state index contributed by atoms with van der Waals surface area (Å²) in [6, 6.07) is 17.6. The first kappa shape index (κ1) is 23.0. The number of esters is 1. The minimum absolute atomic E-state index is 0.0454. The van der Waals surface area contributed by atoms with Crippen LogP contribution in [0.25, 0.3) is 0 Å². The molecule has 5 heteroatoms. The molecule has 0 bridgehead atoms. The highest BCUT2D eigenvalue weighted by Gasteiger charge is 2.31. The van der Waals surface area contributed by atoms with Gasteiger partial charge in [0.1, 0.15) is 6.04 Å². The van der Waals surface area contributed by atoms with Crippen LogP contribution in [0.4, 0.5) is 0 Å². The highest BCUT2D eigenvalue weighted by molar-refractivity contribution is 5.84. The van der Waals surface area contributed by atoms with Crippen LogP contribution in [0.1, 0.15) is 61.8 Å². The van der Waals surface area contributed by atoms with Gasteiger partial charge >= 0.3 is 5.97 Å². The average Bonchev–Trinajstić information content (AvgIpc) is 2.77. The Balaban J connectivity index is 1.90. The second kappa shape index (κ2) is 11.7. The zero-order valence-corrected chi connectivity index (χ0v) is 18.7. The molecule has 1 fully saturated rings. The fourth-order valence-corrected chi connectivity index (χ4v) is 4.23. The van der Waals surface area contributed by atoms with Crippen molar-refractivity contribution in [2.45, 2.75) is 64.6 Å². The van der Waals surface area contributed by atoms with Gasteiger partial charge < -0.3 is 10.1 Å². The molecule has 2 aromatic carbocycles. The van der Waals surface area contributed by atoms with Gasteiger partial charge in [0.15, 0.2) is 0 Å². The number of benzene rings is 2. The van der Waals surface area contributed by atoms with Crippen LogP contribution in [0.2, 0.25) is 0 Å². The number of carbonyl (C=O) groups is 2. The highest BCUT2D eigenvalue weighted by atomic mass is 16.5. The van der Waals surface area contributed by atoms with Gasteiger partial charge in [-0.25, -0.2) is 0 Å². The van der Waals surface area contributed by atoms with E-state index in [2.05, 4.69) is 5.32 Å². The molecule has 31 heavy (non-hydrogen) atoms. The molecule has 0 unspecified atom stereocenters. The fraction of sp³-hybridized carbons (Fsp3) is 0.462. The average molecular weight is 423 g/mol. The number of nitrogens with one attached hydrogen (secondary N) is 1. The van der Waals surface area contributed by atoms with E-state index in [1.165, 1.54) is 6.42 Å². The third kappa shape index (κ3) is 6.93. The molecule has 0 radical (unpaired) electrons. The maximum atomic E-state index is 13.6. The summed E-state index contributed by atoms with van der Waals surface area (Å²) in [5.74, 6) is -0.364. The van der Waals surface area contributed by atoms with E-state index in [4.69, 9.17) is 4.74 Å². The van der Waals surface area contributed by atoms with E-state index < -0.39 is 6.04 Å². The number of nitrogens with zero attached hydrogens (tertiary/aromatic N) is 1. The minimum atomic E-state index is -0.563. The van der Waals surface area contributed by atoms with Crippen molar-refractivity contribution >= 4 is 11.9 Å². The summed E-state index contributed by atoms with van der Waals surface area (Å²) in [5, 5.41) is 3.27. The van der Waals surface area contributed by atoms with Gasteiger partial charge in [0, 0.05) is 12.6 Å². The Bertz CT molecular complexity index is 829. The van der Waals surface area contributed by atoms with Crippen LogP contribution in [0.5, 0.6) is 0 Å². The second-order valence-corrected chi connectivity index (χ2v) is 8.35. The standard InChI is InChI=1S/C26H34N2O3/c1-3-31-24(29)19-28(18-21-10-6-4-7-11-21)25(22-16-14-20(2)15-17-22)26(30)27-23-12-8-5-9-13-23/h4,6-7,10-11,14-17,23,25H,3,5,8-9,12-13,18-19H2,1-2H3,(H,27,30)/t25-/m0/s1. The minimum Gasteiger partial charge on any atom is -0.465 e. The third-order valence-corrected chi connectivity index (χ3v) is 5.82. The summed E-state index contributed by atoms with van der Waals surface area (Å²) in [7, 11) is 0. The monoisotopic (exact) mass is 422 g/mol. The number of aryl methyl sites for hydroxylation is 1.